The van der Waals surface area contributed by atoms with Crippen LogP contribution in [0.4, 0.5) is 0 Å². The Kier molecular flexibility index (Phi) is 4.67. The van der Waals surface area contributed by atoms with Crippen LogP contribution in [0.1, 0.15) is 22.5 Å². The van der Waals surface area contributed by atoms with Gasteiger partial charge < -0.3 is 0 Å². The van der Waals surface area contributed by atoms with Gasteiger partial charge in [-0.25, -0.2) is 17.4 Å². The highest BCUT2D eigenvalue weighted by Crippen LogP contribution is 2.19. The zero-order valence-corrected chi connectivity index (χ0v) is 15.3. The summed E-state index contributed by atoms with van der Waals surface area (Å²) < 4.78 is 26.9. The molecule has 0 aliphatic carbocycles. The number of hydrogen-bond donors (Lipinski definition) is 0. The van der Waals surface area contributed by atoms with Gasteiger partial charge in [-0.1, -0.05) is 23.4 Å². The third-order valence-electron chi connectivity index (χ3n) is 3.68. The highest BCUT2D eigenvalue weighted by Gasteiger charge is 2.19. The van der Waals surface area contributed by atoms with Crippen LogP contribution >= 0.6 is 11.6 Å². The van der Waals surface area contributed by atoms with Crippen LogP contribution < -0.4 is 0 Å². The second-order valence-electron chi connectivity index (χ2n) is 5.53. The van der Waals surface area contributed by atoms with E-state index in [1.165, 1.54) is 3.97 Å². The van der Waals surface area contributed by atoms with E-state index in [4.69, 9.17) is 11.6 Å². The van der Waals surface area contributed by atoms with Gasteiger partial charge in [-0.2, -0.15) is 0 Å². The van der Waals surface area contributed by atoms with Gasteiger partial charge in [0.25, 0.3) is 10.0 Å². The van der Waals surface area contributed by atoms with Crippen LogP contribution in [0.5, 0.6) is 0 Å². The second kappa shape index (κ2) is 6.75. The fourth-order valence-electron chi connectivity index (χ4n) is 2.44. The lowest BCUT2D eigenvalue weighted by Gasteiger charge is -2.10. The van der Waals surface area contributed by atoms with Crippen molar-refractivity contribution in [2.45, 2.75) is 18.7 Å². The minimum absolute atomic E-state index is 0.230. The molecule has 6 heteroatoms. The standard InChI is InChI=1S/C19H15ClN2O2S/c1-14-3-4-15(2)22(14)25(23,24)18-10-7-16(8-11-18)5-6-17-9-12-19(20)21-13-17/h3-4,7-13H,1-2H3. The van der Waals surface area contributed by atoms with Gasteiger partial charge in [-0.15, -0.1) is 0 Å². The van der Waals surface area contributed by atoms with Gasteiger partial charge in [-0.05, 0) is 62.4 Å². The predicted molar refractivity (Wildman–Crippen MR) is 98.2 cm³/mol. The Morgan fingerprint density at radius 1 is 0.880 bits per heavy atom. The number of pyridine rings is 1. The fourth-order valence-corrected chi connectivity index (χ4v) is 4.13. The summed E-state index contributed by atoms with van der Waals surface area (Å²) >= 11 is 5.74. The molecule has 0 unspecified atom stereocenters. The molecule has 0 N–H and O–H groups in total. The molecule has 0 amide bonds. The topological polar surface area (TPSA) is 52.0 Å². The van der Waals surface area contributed by atoms with E-state index in [1.54, 1.807) is 68.6 Å². The van der Waals surface area contributed by atoms with Crippen LogP contribution in [0.2, 0.25) is 5.15 Å². The average molecular weight is 371 g/mol. The number of aryl methyl sites for hydroxylation is 2. The molecule has 25 heavy (non-hydrogen) atoms. The number of rotatable bonds is 2. The largest absolute Gasteiger partial charge is 0.268 e. The normalized spacial score (nSPS) is 11.0. The summed E-state index contributed by atoms with van der Waals surface area (Å²) in [6.45, 7) is 3.54. The summed E-state index contributed by atoms with van der Waals surface area (Å²) in [6, 6.07) is 13.5. The molecule has 0 saturated heterocycles. The van der Waals surface area contributed by atoms with Crippen LogP contribution in [0.25, 0.3) is 0 Å². The van der Waals surface area contributed by atoms with E-state index in [1.807, 2.05) is 0 Å². The number of nitrogens with zero attached hydrogens (tertiary/aromatic N) is 2. The van der Waals surface area contributed by atoms with Crippen molar-refractivity contribution >= 4 is 21.6 Å². The first-order chi connectivity index (χ1) is 11.9. The van der Waals surface area contributed by atoms with Gasteiger partial charge >= 0.3 is 0 Å². The lowest BCUT2D eigenvalue weighted by atomic mass is 10.2. The van der Waals surface area contributed by atoms with E-state index in [-0.39, 0.29) is 4.90 Å². The maximum Gasteiger partial charge on any atom is 0.268 e. The minimum Gasteiger partial charge on any atom is -0.243 e. The van der Waals surface area contributed by atoms with Gasteiger partial charge in [0.2, 0.25) is 0 Å². The Morgan fingerprint density at radius 3 is 2.00 bits per heavy atom. The van der Waals surface area contributed by atoms with E-state index >= 15 is 0 Å². The van der Waals surface area contributed by atoms with Crippen molar-refractivity contribution in [2.75, 3.05) is 0 Å². The highest BCUT2D eigenvalue weighted by atomic mass is 35.5. The molecule has 126 valence electrons. The Balaban J connectivity index is 1.89. The van der Waals surface area contributed by atoms with Gasteiger partial charge in [0.1, 0.15) is 5.15 Å². The van der Waals surface area contributed by atoms with E-state index in [9.17, 15) is 8.42 Å². The number of hydrogen-bond acceptors (Lipinski definition) is 3. The minimum atomic E-state index is -3.60. The first-order valence-electron chi connectivity index (χ1n) is 7.52. The maximum absolute atomic E-state index is 12.8. The zero-order chi connectivity index (χ0) is 18.0. The number of aromatic nitrogens is 2. The van der Waals surface area contributed by atoms with Gasteiger partial charge in [-0.3, -0.25) is 0 Å². The molecule has 0 aliphatic heterocycles. The van der Waals surface area contributed by atoms with Gasteiger partial charge in [0.15, 0.2) is 0 Å². The van der Waals surface area contributed by atoms with E-state index < -0.39 is 10.0 Å². The maximum atomic E-state index is 12.8. The van der Waals surface area contributed by atoms with Crippen LogP contribution in [0.15, 0.2) is 59.6 Å². The zero-order valence-electron chi connectivity index (χ0n) is 13.7. The molecule has 2 heterocycles. The number of halogens is 1. The van der Waals surface area contributed by atoms with Crippen molar-refractivity contribution in [1.29, 1.82) is 0 Å². The molecule has 0 saturated carbocycles. The van der Waals surface area contributed by atoms with Crippen molar-refractivity contribution in [1.82, 2.24) is 8.96 Å². The molecule has 0 bridgehead atoms. The number of benzene rings is 1. The van der Waals surface area contributed by atoms with Crippen molar-refractivity contribution in [3.8, 4) is 11.8 Å². The molecule has 0 aliphatic rings. The smallest absolute Gasteiger partial charge is 0.243 e. The Hall–Kier alpha value is -2.55. The molecule has 2 aromatic heterocycles. The van der Waals surface area contributed by atoms with Crippen LogP contribution in [-0.4, -0.2) is 17.4 Å². The molecule has 3 aromatic rings. The first kappa shape index (κ1) is 17.3. The second-order valence-corrected chi connectivity index (χ2v) is 7.70. The van der Waals surface area contributed by atoms with Crippen molar-refractivity contribution in [3.63, 3.8) is 0 Å². The summed E-state index contributed by atoms with van der Waals surface area (Å²) in [6.07, 6.45) is 1.59. The third kappa shape index (κ3) is 3.60. The molecule has 4 nitrogen and oxygen atoms in total. The van der Waals surface area contributed by atoms with E-state index in [0.29, 0.717) is 16.5 Å². The molecule has 1 aromatic carbocycles. The molecule has 0 atom stereocenters. The highest BCUT2D eigenvalue weighted by molar-refractivity contribution is 7.90. The molecule has 3 rings (SSSR count). The SMILES string of the molecule is Cc1ccc(C)n1S(=O)(=O)c1ccc(C#Cc2ccc(Cl)nc2)cc1. The van der Waals surface area contributed by atoms with Crippen molar-refractivity contribution < 1.29 is 8.42 Å². The first-order valence-corrected chi connectivity index (χ1v) is 9.34. The van der Waals surface area contributed by atoms with Crippen molar-refractivity contribution in [3.05, 3.63) is 82.4 Å². The molecule has 0 fully saturated rings. The summed E-state index contributed by atoms with van der Waals surface area (Å²) in [5.74, 6) is 5.95. The molecular weight excluding hydrogens is 356 g/mol. The third-order valence-corrected chi connectivity index (χ3v) is 5.83. The summed E-state index contributed by atoms with van der Waals surface area (Å²) in [5, 5.41) is 0.413. The van der Waals surface area contributed by atoms with Crippen LogP contribution in [0, 0.1) is 25.7 Å². The van der Waals surface area contributed by atoms with E-state index in [0.717, 1.165) is 11.1 Å². The average Bonchev–Trinajstić information content (AvgIpc) is 2.94. The fraction of sp³-hybridized carbons (Fsp3) is 0.105. The van der Waals surface area contributed by atoms with E-state index in [2.05, 4.69) is 16.8 Å². The van der Waals surface area contributed by atoms with Crippen molar-refractivity contribution in [2.24, 2.45) is 0 Å². The Labute approximate surface area is 152 Å². The summed E-state index contributed by atoms with van der Waals surface area (Å²) in [4.78, 5) is 4.19. The molecule has 0 spiro atoms. The lowest BCUT2D eigenvalue weighted by Crippen LogP contribution is -2.15. The van der Waals surface area contributed by atoms with Crippen LogP contribution in [-0.2, 0) is 10.0 Å². The van der Waals surface area contributed by atoms with Gasteiger partial charge in [0.05, 0.1) is 4.90 Å². The Bertz CT molecular complexity index is 1050. The lowest BCUT2D eigenvalue weighted by molar-refractivity contribution is 0.585. The molecular formula is C19H15ClN2O2S. The monoisotopic (exact) mass is 370 g/mol. The quantitative estimate of drug-likeness (QED) is 0.509. The van der Waals surface area contributed by atoms with Crippen LogP contribution in [0.3, 0.4) is 0 Å². The molecule has 0 radical (unpaired) electrons. The van der Waals surface area contributed by atoms with Gasteiger partial charge in [0, 0.05) is 28.7 Å². The summed E-state index contributed by atoms with van der Waals surface area (Å²) in [7, 11) is -3.60. The predicted octanol–water partition coefficient (Wildman–Crippen LogP) is 3.79. The summed E-state index contributed by atoms with van der Waals surface area (Å²) in [5.41, 5.74) is 2.81. The Morgan fingerprint density at radius 2 is 1.44 bits per heavy atom.